The van der Waals surface area contributed by atoms with Crippen molar-refractivity contribution in [2.75, 3.05) is 19.4 Å². The van der Waals surface area contributed by atoms with Gasteiger partial charge in [-0.2, -0.15) is 13.2 Å². The maximum Gasteiger partial charge on any atom is 0.573 e. The van der Waals surface area contributed by atoms with E-state index in [1.807, 2.05) is 69.2 Å². The van der Waals surface area contributed by atoms with Crippen molar-refractivity contribution in [1.29, 1.82) is 0 Å². The largest absolute Gasteiger partial charge is 0.573 e. The van der Waals surface area contributed by atoms with Gasteiger partial charge in [0.25, 0.3) is 0 Å². The fraction of sp³-hybridized carbons (Fsp3) is 0.500. The van der Waals surface area contributed by atoms with Gasteiger partial charge < -0.3 is 37.0 Å². The van der Waals surface area contributed by atoms with E-state index in [1.165, 1.54) is 60.7 Å². The molecule has 0 aliphatic carbocycles. The van der Waals surface area contributed by atoms with Crippen molar-refractivity contribution in [3.05, 3.63) is 117 Å². The number of alkyl halides is 9. The molecule has 2 aromatic heterocycles. The van der Waals surface area contributed by atoms with E-state index in [0.29, 0.717) is 28.3 Å². The van der Waals surface area contributed by atoms with Crippen LogP contribution in [0.15, 0.2) is 103 Å². The van der Waals surface area contributed by atoms with Crippen LogP contribution in [0.5, 0.6) is 23.0 Å². The van der Waals surface area contributed by atoms with Gasteiger partial charge in [0.15, 0.2) is 0 Å². The van der Waals surface area contributed by atoms with Crippen LogP contribution in [0, 0.1) is 41.4 Å². The van der Waals surface area contributed by atoms with Crippen molar-refractivity contribution in [2.24, 2.45) is 27.6 Å². The number of fused-ring (bicyclic) bond motifs is 2. The monoisotopic (exact) mass is 1150 g/mol. The Morgan fingerprint density at radius 3 is 1.44 bits per heavy atom. The maximum atomic E-state index is 15.1. The molecule has 20 heteroatoms. The van der Waals surface area contributed by atoms with Crippen LogP contribution in [0.2, 0.25) is 0 Å². The Labute approximate surface area is 461 Å². The lowest BCUT2D eigenvalue weighted by atomic mass is 9.68. The zero-order valence-corrected chi connectivity index (χ0v) is 48.3. The highest BCUT2D eigenvalue weighted by atomic mass is 31.1. The van der Waals surface area contributed by atoms with Gasteiger partial charge in [0.2, 0.25) is 0 Å². The lowest BCUT2D eigenvalue weighted by Crippen LogP contribution is -2.50. The predicted molar refractivity (Wildman–Crippen MR) is 292 cm³/mol. The summed E-state index contributed by atoms with van der Waals surface area (Å²) in [6.07, 6.45) is -15.2. The third-order valence-electron chi connectivity index (χ3n) is 13.3. The summed E-state index contributed by atoms with van der Waals surface area (Å²) in [6.45, 7) is 24.6. The first-order valence-corrected chi connectivity index (χ1v) is 27.0. The van der Waals surface area contributed by atoms with E-state index in [-0.39, 0.29) is 71.7 Å². The molecule has 0 spiro atoms. The van der Waals surface area contributed by atoms with Crippen molar-refractivity contribution < 1.29 is 76.6 Å². The van der Waals surface area contributed by atoms with Crippen LogP contribution in [0.4, 0.5) is 39.5 Å². The third-order valence-corrected chi connectivity index (χ3v) is 14.8. The van der Waals surface area contributed by atoms with Crippen LogP contribution in [0.3, 0.4) is 0 Å². The minimum atomic E-state index is -5.02. The zero-order chi connectivity index (χ0) is 59.8. The minimum Gasteiger partial charge on any atom is -0.488 e. The molecule has 4 aromatic carbocycles. The normalized spacial score (nSPS) is 14.7. The number of rotatable bonds is 21. The molecule has 4 unspecified atom stereocenters. The number of hydrogen-bond donors (Lipinski definition) is 0. The quantitative estimate of drug-likeness (QED) is 0.0392. The second kappa shape index (κ2) is 23.6. The topological polar surface area (TPSA) is 116 Å². The lowest BCUT2D eigenvalue weighted by Gasteiger charge is -2.47. The number of hydrogen-bond acceptors (Lipinski definition) is 10. The van der Waals surface area contributed by atoms with E-state index in [4.69, 9.17) is 27.6 Å². The Hall–Kier alpha value is -5.78. The highest BCUT2D eigenvalue weighted by molar-refractivity contribution is 7.32. The van der Waals surface area contributed by atoms with Crippen LogP contribution in [0.1, 0.15) is 107 Å². The van der Waals surface area contributed by atoms with Crippen molar-refractivity contribution >= 4 is 30.7 Å². The Morgan fingerprint density at radius 1 is 0.525 bits per heavy atom. The van der Waals surface area contributed by atoms with Gasteiger partial charge in [-0.15, -0.1) is 26.3 Å². The van der Waals surface area contributed by atoms with Gasteiger partial charge in [-0.25, -0.2) is 9.59 Å². The summed E-state index contributed by atoms with van der Waals surface area (Å²) < 4.78 is 170. The molecule has 80 heavy (non-hydrogen) atoms. The van der Waals surface area contributed by atoms with E-state index >= 15 is 13.2 Å². The summed E-state index contributed by atoms with van der Waals surface area (Å²) >= 11 is 0. The molecule has 0 amide bonds. The Kier molecular flexibility index (Phi) is 18.7. The fourth-order valence-corrected chi connectivity index (χ4v) is 11.0. The van der Waals surface area contributed by atoms with Gasteiger partial charge in [0.05, 0.1) is 45.4 Å². The summed E-state index contributed by atoms with van der Waals surface area (Å²) in [4.78, 5) is 26.7. The Morgan fingerprint density at radius 2 is 0.988 bits per heavy atom. The summed E-state index contributed by atoms with van der Waals surface area (Å²) in [7, 11) is -0.313. The van der Waals surface area contributed by atoms with Crippen molar-refractivity contribution in [2.45, 2.75) is 146 Å². The van der Waals surface area contributed by atoms with Gasteiger partial charge in [-0.05, 0) is 122 Å². The number of aryl methyl sites for hydroxylation is 2. The maximum absolute atomic E-state index is 15.1. The predicted octanol–water partition coefficient (Wildman–Crippen LogP) is 17.4. The molecular weight excluding hydrogens is 1080 g/mol. The second-order valence-electron chi connectivity index (χ2n) is 24.7. The molecular formula is C60H70F9O10P. The summed E-state index contributed by atoms with van der Waals surface area (Å²) in [5.41, 5.74) is -4.95. The number of benzene rings is 4. The summed E-state index contributed by atoms with van der Waals surface area (Å²) in [5.74, 6) is -2.60. The average molecular weight is 1150 g/mol. The smallest absolute Gasteiger partial charge is 0.488 e. The number of halogens is 9. The fourth-order valence-electron chi connectivity index (χ4n) is 10.1. The van der Waals surface area contributed by atoms with Crippen molar-refractivity contribution in [3.63, 3.8) is 0 Å². The van der Waals surface area contributed by atoms with Gasteiger partial charge in [0.1, 0.15) is 45.7 Å². The Bertz CT molecular complexity index is 3250. The molecule has 438 valence electrons. The third kappa shape index (κ3) is 17.4. The second-order valence-corrected chi connectivity index (χ2v) is 25.6. The summed E-state index contributed by atoms with van der Waals surface area (Å²) in [6, 6.07) is 20.2. The molecule has 0 aliphatic rings. The molecule has 0 saturated carbocycles. The van der Waals surface area contributed by atoms with E-state index in [0.717, 1.165) is 0 Å². The first kappa shape index (κ1) is 63.4. The van der Waals surface area contributed by atoms with Crippen LogP contribution < -0.4 is 30.0 Å². The van der Waals surface area contributed by atoms with Gasteiger partial charge in [0, 0.05) is 40.2 Å². The SMILES string of the molecule is Cc1ccc(-c2cc3ccc(OPCC(C)(C)C(OCC(COC(CC(C)(C)C)C(C)(C)C)C(F)(F)F)C(C)(C)CC(C)(C)Oc4ccc5cc(-c6ccc(C)cc6OC(F)(F)F)c(=O)oc5c4)cc3oc2=O)c(OC(F)(F)F)c1. The molecule has 0 radical (unpaired) electrons. The number of ether oxygens (including phenoxy) is 5. The van der Waals surface area contributed by atoms with E-state index in [2.05, 4.69) is 9.47 Å². The molecule has 6 rings (SSSR count). The first-order chi connectivity index (χ1) is 36.6. The molecule has 6 aromatic rings. The highest BCUT2D eigenvalue weighted by Crippen LogP contribution is 2.47. The molecule has 2 heterocycles. The molecule has 0 aliphatic heterocycles. The van der Waals surface area contributed by atoms with E-state index in [1.54, 1.807) is 52.0 Å². The molecule has 0 saturated heterocycles. The average Bonchev–Trinajstić information content (AvgIpc) is 3.26. The van der Waals surface area contributed by atoms with Crippen molar-refractivity contribution in [1.82, 2.24) is 0 Å². The molecule has 0 bridgehead atoms. The molecule has 4 atom stereocenters. The molecule has 10 nitrogen and oxygen atoms in total. The van der Waals surface area contributed by atoms with Crippen LogP contribution in [-0.4, -0.2) is 56.1 Å². The van der Waals surface area contributed by atoms with Crippen LogP contribution >= 0.6 is 8.81 Å². The lowest BCUT2D eigenvalue weighted by molar-refractivity contribution is -0.275. The van der Waals surface area contributed by atoms with Gasteiger partial charge >= 0.3 is 30.2 Å². The van der Waals surface area contributed by atoms with Gasteiger partial charge in [-0.3, -0.25) is 0 Å². The minimum absolute atomic E-state index is 0.0748. The Balaban J connectivity index is 1.26. The first-order valence-electron chi connectivity index (χ1n) is 25.9. The summed E-state index contributed by atoms with van der Waals surface area (Å²) in [5, 5.41) is 0.747. The van der Waals surface area contributed by atoms with E-state index < -0.39 is 94.8 Å². The molecule has 0 N–H and O–H groups in total. The van der Waals surface area contributed by atoms with Crippen molar-refractivity contribution in [3.8, 4) is 45.3 Å². The highest BCUT2D eigenvalue weighted by Gasteiger charge is 2.48. The molecule has 0 fully saturated rings. The van der Waals surface area contributed by atoms with Gasteiger partial charge in [-0.1, -0.05) is 93.5 Å². The van der Waals surface area contributed by atoms with Crippen LogP contribution in [0.25, 0.3) is 44.2 Å². The van der Waals surface area contributed by atoms with E-state index in [9.17, 15) is 35.9 Å². The van der Waals surface area contributed by atoms with Crippen LogP contribution in [-0.2, 0) is 9.47 Å². The standard InChI is InChI=1S/C60H70F9O10P/c1-34-15-21-41(47(23-34)77-59(64,65)66)43-25-36-17-19-39(27-45(36)74-50(43)70)76-57(13,14)32-55(9,10)52(73-31-38(58(61,62)63)30-72-49(54(6,7)8)29-53(3,4)5)56(11,12)33-80-79-40-20-18-37-26-44(51(71)75-46(37)28-40)42-22-16-35(2)24-48(42)78-60(67,68)69/h15-28,38,49,52,80H,29-33H2,1-14H3. The zero-order valence-electron chi connectivity index (χ0n) is 47.3.